The van der Waals surface area contributed by atoms with Gasteiger partial charge in [0.1, 0.15) is 7.05 Å². The number of hydrogen-bond donors (Lipinski definition) is 0. The van der Waals surface area contributed by atoms with Gasteiger partial charge in [0.25, 0.3) is 0 Å². The number of rotatable bonds is 2. The Balaban J connectivity index is 0.00000128. The van der Waals surface area contributed by atoms with Crippen LogP contribution in [0, 0.1) is 0 Å². The van der Waals surface area contributed by atoms with Crippen LogP contribution in [0.15, 0.2) is 54.9 Å². The van der Waals surface area contributed by atoms with Crippen LogP contribution in [-0.4, -0.2) is 0 Å². The fraction of sp³-hybridized carbons (Fsp3) is 0.0714. The quantitative estimate of drug-likeness (QED) is 0.625. The van der Waals surface area contributed by atoms with Crippen LogP contribution in [0.1, 0.15) is 11.1 Å². The zero-order valence-corrected chi connectivity index (χ0v) is 9.93. The number of aryl methyl sites for hydroxylation is 1. The van der Waals surface area contributed by atoms with Crippen LogP contribution in [0.2, 0.25) is 0 Å². The molecule has 0 fully saturated rings. The van der Waals surface area contributed by atoms with E-state index in [2.05, 4.69) is 36.4 Å². The number of pyridine rings is 1. The SMILES string of the molecule is C[n+]1ccc(C=Cc2ccccc2)cc1.[Cl-]. The maximum atomic E-state index is 2.12. The van der Waals surface area contributed by atoms with E-state index in [4.69, 9.17) is 0 Å². The van der Waals surface area contributed by atoms with Crippen molar-refractivity contribution in [2.75, 3.05) is 0 Å². The Kier molecular flexibility index (Phi) is 4.74. The van der Waals surface area contributed by atoms with Crippen molar-refractivity contribution in [1.29, 1.82) is 0 Å². The molecule has 2 heteroatoms. The normalized spacial score (nSPS) is 10.1. The Morgan fingerprint density at radius 2 is 1.31 bits per heavy atom. The zero-order valence-electron chi connectivity index (χ0n) is 9.18. The van der Waals surface area contributed by atoms with Crippen molar-refractivity contribution in [2.24, 2.45) is 7.05 Å². The summed E-state index contributed by atoms with van der Waals surface area (Å²) >= 11 is 0. The summed E-state index contributed by atoms with van der Waals surface area (Å²) in [5.74, 6) is 0. The maximum Gasteiger partial charge on any atom is 0.169 e. The monoisotopic (exact) mass is 231 g/mol. The lowest BCUT2D eigenvalue weighted by molar-refractivity contribution is -0.671. The highest BCUT2D eigenvalue weighted by Gasteiger charge is 1.90. The molecule has 82 valence electrons. The molecular formula is C14H14ClN. The molecule has 0 saturated carbocycles. The van der Waals surface area contributed by atoms with Crippen molar-refractivity contribution >= 4 is 12.2 Å². The third kappa shape index (κ3) is 3.52. The van der Waals surface area contributed by atoms with E-state index in [0.29, 0.717) is 0 Å². The van der Waals surface area contributed by atoms with Gasteiger partial charge >= 0.3 is 0 Å². The third-order valence-corrected chi connectivity index (χ3v) is 2.27. The Labute approximate surface area is 102 Å². The minimum absolute atomic E-state index is 0. The summed E-state index contributed by atoms with van der Waals surface area (Å²) in [5, 5.41) is 0. The molecule has 0 saturated heterocycles. The number of nitrogens with zero attached hydrogens (tertiary/aromatic N) is 1. The van der Waals surface area contributed by atoms with Gasteiger partial charge in [0.05, 0.1) is 0 Å². The second-order valence-electron chi connectivity index (χ2n) is 3.54. The highest BCUT2D eigenvalue weighted by Crippen LogP contribution is 2.05. The second-order valence-corrected chi connectivity index (χ2v) is 3.54. The van der Waals surface area contributed by atoms with Crippen LogP contribution in [0.25, 0.3) is 12.2 Å². The smallest absolute Gasteiger partial charge is 0.169 e. The van der Waals surface area contributed by atoms with Crippen molar-refractivity contribution in [3.05, 3.63) is 66.0 Å². The van der Waals surface area contributed by atoms with E-state index in [-0.39, 0.29) is 12.4 Å². The topological polar surface area (TPSA) is 3.88 Å². The van der Waals surface area contributed by atoms with Crippen LogP contribution in [0.4, 0.5) is 0 Å². The minimum Gasteiger partial charge on any atom is -1.00 e. The fourth-order valence-corrected chi connectivity index (χ4v) is 1.38. The molecule has 0 aliphatic rings. The molecule has 0 aliphatic heterocycles. The van der Waals surface area contributed by atoms with Crippen molar-refractivity contribution in [3.8, 4) is 0 Å². The number of hydrogen-bond acceptors (Lipinski definition) is 0. The standard InChI is InChI=1S/C14H14N.ClH/c1-15-11-9-14(10-12-15)8-7-13-5-3-2-4-6-13;/h2-12H,1H3;1H/q+1;/p-1. The summed E-state index contributed by atoms with van der Waals surface area (Å²) in [6, 6.07) is 14.5. The van der Waals surface area contributed by atoms with Gasteiger partial charge in [-0.15, -0.1) is 0 Å². The van der Waals surface area contributed by atoms with Crippen LogP contribution in [0.3, 0.4) is 0 Å². The number of benzene rings is 1. The maximum absolute atomic E-state index is 2.12. The molecule has 0 bridgehead atoms. The lowest BCUT2D eigenvalue weighted by atomic mass is 10.1. The van der Waals surface area contributed by atoms with Gasteiger partial charge in [-0.1, -0.05) is 42.5 Å². The van der Waals surface area contributed by atoms with E-state index >= 15 is 0 Å². The van der Waals surface area contributed by atoms with Crippen molar-refractivity contribution in [3.63, 3.8) is 0 Å². The first-order valence-electron chi connectivity index (χ1n) is 5.03. The summed E-state index contributed by atoms with van der Waals surface area (Å²) in [4.78, 5) is 0. The molecule has 2 rings (SSSR count). The van der Waals surface area contributed by atoms with E-state index in [9.17, 15) is 0 Å². The summed E-state index contributed by atoms with van der Waals surface area (Å²) < 4.78 is 2.03. The summed E-state index contributed by atoms with van der Waals surface area (Å²) in [7, 11) is 2.02. The fourth-order valence-electron chi connectivity index (χ4n) is 1.38. The van der Waals surface area contributed by atoms with E-state index in [1.807, 2.05) is 42.2 Å². The van der Waals surface area contributed by atoms with Gasteiger partial charge in [-0.05, 0) is 11.1 Å². The van der Waals surface area contributed by atoms with Gasteiger partial charge in [0.15, 0.2) is 12.4 Å². The summed E-state index contributed by atoms with van der Waals surface area (Å²) in [6.45, 7) is 0. The van der Waals surface area contributed by atoms with E-state index < -0.39 is 0 Å². The van der Waals surface area contributed by atoms with Gasteiger partial charge < -0.3 is 12.4 Å². The predicted molar refractivity (Wildman–Crippen MR) is 63.0 cm³/mol. The van der Waals surface area contributed by atoms with E-state index in [1.54, 1.807) is 0 Å². The van der Waals surface area contributed by atoms with Crippen LogP contribution >= 0.6 is 0 Å². The summed E-state index contributed by atoms with van der Waals surface area (Å²) in [6.07, 6.45) is 8.33. The molecule has 0 unspecified atom stereocenters. The second kappa shape index (κ2) is 6.09. The first kappa shape index (κ1) is 12.5. The Morgan fingerprint density at radius 1 is 0.812 bits per heavy atom. The lowest BCUT2D eigenvalue weighted by Gasteiger charge is -1.92. The highest BCUT2D eigenvalue weighted by atomic mass is 35.5. The van der Waals surface area contributed by atoms with Gasteiger partial charge in [0, 0.05) is 12.1 Å². The molecule has 1 aromatic carbocycles. The van der Waals surface area contributed by atoms with Gasteiger partial charge in [-0.25, -0.2) is 4.57 Å². The molecule has 2 aromatic rings. The molecule has 0 radical (unpaired) electrons. The Morgan fingerprint density at radius 3 is 1.88 bits per heavy atom. The van der Waals surface area contributed by atoms with Crippen molar-refractivity contribution in [1.82, 2.24) is 0 Å². The largest absolute Gasteiger partial charge is 1.00 e. The Hall–Kier alpha value is -1.60. The molecule has 0 N–H and O–H groups in total. The molecule has 0 atom stereocenters. The first-order chi connectivity index (χ1) is 7.34. The van der Waals surface area contributed by atoms with Crippen molar-refractivity contribution in [2.45, 2.75) is 0 Å². The van der Waals surface area contributed by atoms with Crippen LogP contribution in [0.5, 0.6) is 0 Å². The summed E-state index contributed by atoms with van der Waals surface area (Å²) in [5.41, 5.74) is 2.45. The molecule has 1 aromatic heterocycles. The predicted octanol–water partition coefficient (Wildman–Crippen LogP) is -0.315. The number of halogens is 1. The van der Waals surface area contributed by atoms with Gasteiger partial charge in [0.2, 0.25) is 0 Å². The lowest BCUT2D eigenvalue weighted by Crippen LogP contribution is -3.00. The zero-order chi connectivity index (χ0) is 10.5. The van der Waals surface area contributed by atoms with E-state index in [1.165, 1.54) is 11.1 Å². The molecule has 1 nitrogen and oxygen atoms in total. The molecule has 1 heterocycles. The minimum atomic E-state index is 0. The van der Waals surface area contributed by atoms with Gasteiger partial charge in [-0.2, -0.15) is 0 Å². The molecule has 0 spiro atoms. The van der Waals surface area contributed by atoms with E-state index in [0.717, 1.165) is 0 Å². The molecular weight excluding hydrogens is 218 g/mol. The molecule has 0 aliphatic carbocycles. The first-order valence-corrected chi connectivity index (χ1v) is 5.03. The molecule has 16 heavy (non-hydrogen) atoms. The average Bonchev–Trinajstić information content (AvgIpc) is 2.30. The number of aromatic nitrogens is 1. The van der Waals surface area contributed by atoms with Crippen LogP contribution < -0.4 is 17.0 Å². The third-order valence-electron chi connectivity index (χ3n) is 2.27. The van der Waals surface area contributed by atoms with Crippen molar-refractivity contribution < 1.29 is 17.0 Å². The average molecular weight is 232 g/mol. The molecule has 0 amide bonds. The highest BCUT2D eigenvalue weighted by molar-refractivity contribution is 5.68. The van der Waals surface area contributed by atoms with Gasteiger partial charge in [-0.3, -0.25) is 0 Å². The Bertz CT molecular complexity index is 446. The van der Waals surface area contributed by atoms with Crippen LogP contribution in [-0.2, 0) is 7.05 Å².